The summed E-state index contributed by atoms with van der Waals surface area (Å²) in [4.78, 5) is 36.8. The van der Waals surface area contributed by atoms with Crippen LogP contribution in [-0.4, -0.2) is 75.6 Å². The summed E-state index contributed by atoms with van der Waals surface area (Å²) in [5.74, 6) is -0.588. The minimum absolute atomic E-state index is 0.0533. The first-order valence-electron chi connectivity index (χ1n) is 13.9. The number of hydrogen-bond donors (Lipinski definition) is 2. The Bertz CT molecular complexity index is 1430. The number of rotatable bonds is 6. The molecule has 6 rings (SSSR count). The predicted octanol–water partition coefficient (Wildman–Crippen LogP) is 4.96. The molecule has 4 heterocycles. The summed E-state index contributed by atoms with van der Waals surface area (Å²) in [6, 6.07) is 8.96. The standard InChI is InChI=1S/C30H35FN4O4/c1-30-18-21-24-22(11-12-23(39-2)25(24)31)32-26(21)27(19-9-7-10-20(36)17-19)35(30)29(38)34(28(30)37)16-8-15-33-13-5-3-4-6-14-33/h7,9-12,17,27,32,36H,3-6,8,13-16,18H2,1-2H3. The van der Waals surface area contributed by atoms with Gasteiger partial charge in [0.2, 0.25) is 0 Å². The molecule has 1 aromatic heterocycles. The number of aromatic nitrogens is 1. The van der Waals surface area contributed by atoms with Crippen molar-refractivity contribution in [3.05, 3.63) is 59.0 Å². The molecule has 2 saturated heterocycles. The summed E-state index contributed by atoms with van der Waals surface area (Å²) in [6.07, 6.45) is 5.76. The lowest BCUT2D eigenvalue weighted by Gasteiger charge is -2.42. The van der Waals surface area contributed by atoms with Crippen LogP contribution in [0.2, 0.25) is 0 Å². The van der Waals surface area contributed by atoms with Crippen LogP contribution >= 0.6 is 0 Å². The van der Waals surface area contributed by atoms with Crippen LogP contribution in [0.1, 0.15) is 61.9 Å². The summed E-state index contributed by atoms with van der Waals surface area (Å²) < 4.78 is 20.9. The fourth-order valence-electron chi connectivity index (χ4n) is 6.76. The number of likely N-dealkylation sites (tertiary alicyclic amines) is 1. The van der Waals surface area contributed by atoms with Crippen LogP contribution in [0.5, 0.6) is 11.5 Å². The minimum Gasteiger partial charge on any atom is -0.508 e. The topological polar surface area (TPSA) is 89.1 Å². The summed E-state index contributed by atoms with van der Waals surface area (Å²) in [6.45, 7) is 5.07. The molecule has 0 spiro atoms. The Hall–Kier alpha value is -3.59. The zero-order valence-electron chi connectivity index (χ0n) is 22.5. The molecular formula is C30H35FN4O4. The Balaban J connectivity index is 1.39. The maximum atomic E-state index is 15.6. The third-order valence-corrected chi connectivity index (χ3v) is 8.69. The smallest absolute Gasteiger partial charge is 0.328 e. The average Bonchev–Trinajstić information content (AvgIpc) is 3.20. The number of benzene rings is 2. The van der Waals surface area contributed by atoms with Crippen LogP contribution in [0, 0.1) is 5.82 Å². The number of methoxy groups -OCH3 is 1. The van der Waals surface area contributed by atoms with Gasteiger partial charge in [0.1, 0.15) is 17.3 Å². The van der Waals surface area contributed by atoms with E-state index in [1.807, 2.05) is 6.07 Å². The number of ether oxygens (including phenoxy) is 1. The summed E-state index contributed by atoms with van der Waals surface area (Å²) in [5.41, 5.74) is 1.32. The van der Waals surface area contributed by atoms with Crippen molar-refractivity contribution in [2.75, 3.05) is 33.3 Å². The molecule has 0 saturated carbocycles. The lowest BCUT2D eigenvalue weighted by molar-refractivity contribution is -0.133. The van der Waals surface area contributed by atoms with E-state index in [4.69, 9.17) is 4.74 Å². The number of halogens is 1. The zero-order chi connectivity index (χ0) is 27.3. The molecule has 8 nitrogen and oxygen atoms in total. The number of aromatic hydroxyl groups is 1. The van der Waals surface area contributed by atoms with Gasteiger partial charge in [0.15, 0.2) is 11.6 Å². The lowest BCUT2D eigenvalue weighted by Crippen LogP contribution is -2.53. The number of carbonyl (C=O) groups excluding carboxylic acids is 2. The van der Waals surface area contributed by atoms with Gasteiger partial charge in [-0.2, -0.15) is 0 Å². The van der Waals surface area contributed by atoms with Crippen LogP contribution in [0.15, 0.2) is 36.4 Å². The molecule has 2 atom stereocenters. The van der Waals surface area contributed by atoms with Crippen molar-refractivity contribution in [2.45, 2.75) is 57.0 Å². The second-order valence-corrected chi connectivity index (χ2v) is 11.2. The molecule has 3 amide bonds. The molecule has 206 valence electrons. The summed E-state index contributed by atoms with van der Waals surface area (Å²) in [7, 11) is 1.42. The molecule has 39 heavy (non-hydrogen) atoms. The van der Waals surface area contributed by atoms with Crippen LogP contribution < -0.4 is 4.74 Å². The first kappa shape index (κ1) is 25.7. The van der Waals surface area contributed by atoms with Gasteiger partial charge in [0.25, 0.3) is 5.91 Å². The number of fused-ring (bicyclic) bond motifs is 4. The van der Waals surface area contributed by atoms with Crippen molar-refractivity contribution < 1.29 is 23.8 Å². The fraction of sp³-hybridized carbons (Fsp3) is 0.467. The Kier molecular flexibility index (Phi) is 6.49. The fourth-order valence-corrected chi connectivity index (χ4v) is 6.76. The lowest BCUT2D eigenvalue weighted by atomic mass is 9.81. The molecule has 2 N–H and O–H groups in total. The normalized spacial score (nSPS) is 23.7. The molecule has 0 bridgehead atoms. The van der Waals surface area contributed by atoms with Crippen molar-refractivity contribution in [1.29, 1.82) is 0 Å². The van der Waals surface area contributed by atoms with Crippen molar-refractivity contribution in [1.82, 2.24) is 19.7 Å². The Morgan fingerprint density at radius 3 is 2.59 bits per heavy atom. The highest BCUT2D eigenvalue weighted by Gasteiger charge is 2.60. The second kappa shape index (κ2) is 9.86. The van der Waals surface area contributed by atoms with Crippen molar-refractivity contribution in [3.8, 4) is 11.5 Å². The van der Waals surface area contributed by atoms with Gasteiger partial charge >= 0.3 is 6.03 Å². The first-order chi connectivity index (χ1) is 18.8. The van der Waals surface area contributed by atoms with Crippen LogP contribution in [0.3, 0.4) is 0 Å². The zero-order valence-corrected chi connectivity index (χ0v) is 22.5. The molecule has 9 heteroatoms. The molecule has 3 aliphatic rings. The van der Waals surface area contributed by atoms with Crippen LogP contribution in [0.25, 0.3) is 10.9 Å². The number of amides is 3. The van der Waals surface area contributed by atoms with Gasteiger partial charge < -0.3 is 19.7 Å². The first-order valence-corrected chi connectivity index (χ1v) is 13.9. The molecule has 2 unspecified atom stereocenters. The molecule has 0 radical (unpaired) electrons. The van der Waals surface area contributed by atoms with E-state index in [1.165, 1.54) is 37.7 Å². The molecule has 2 aromatic carbocycles. The molecule has 3 aromatic rings. The number of phenolic OH excluding ortho intramolecular Hbond substituents is 1. The number of nitrogens with zero attached hydrogens (tertiary/aromatic N) is 3. The highest BCUT2D eigenvalue weighted by molar-refractivity contribution is 6.08. The molecular weight excluding hydrogens is 499 g/mol. The number of imide groups is 1. The molecule has 0 aliphatic carbocycles. The third kappa shape index (κ3) is 4.14. The highest BCUT2D eigenvalue weighted by atomic mass is 19.1. The van der Waals surface area contributed by atoms with Gasteiger partial charge in [-0.25, -0.2) is 9.18 Å². The van der Waals surface area contributed by atoms with E-state index in [9.17, 15) is 14.7 Å². The van der Waals surface area contributed by atoms with E-state index in [2.05, 4.69) is 9.88 Å². The van der Waals surface area contributed by atoms with E-state index in [-0.39, 0.29) is 29.9 Å². The number of carbonyl (C=O) groups is 2. The number of urea groups is 1. The van der Waals surface area contributed by atoms with Gasteiger partial charge in [-0.1, -0.05) is 25.0 Å². The second-order valence-electron chi connectivity index (χ2n) is 11.2. The average molecular weight is 535 g/mol. The monoisotopic (exact) mass is 534 g/mol. The largest absolute Gasteiger partial charge is 0.508 e. The van der Waals surface area contributed by atoms with Gasteiger partial charge in [-0.15, -0.1) is 0 Å². The van der Waals surface area contributed by atoms with E-state index < -0.39 is 17.4 Å². The van der Waals surface area contributed by atoms with Gasteiger partial charge in [0.05, 0.1) is 7.11 Å². The van der Waals surface area contributed by atoms with Crippen molar-refractivity contribution >= 4 is 22.8 Å². The van der Waals surface area contributed by atoms with Crippen molar-refractivity contribution in [2.24, 2.45) is 0 Å². The Morgan fingerprint density at radius 2 is 1.87 bits per heavy atom. The van der Waals surface area contributed by atoms with E-state index in [1.54, 1.807) is 42.2 Å². The van der Waals surface area contributed by atoms with Gasteiger partial charge in [0, 0.05) is 29.6 Å². The van der Waals surface area contributed by atoms with Crippen LogP contribution in [0.4, 0.5) is 9.18 Å². The third-order valence-electron chi connectivity index (χ3n) is 8.69. The molecule has 2 fully saturated rings. The van der Waals surface area contributed by atoms with E-state index in [0.717, 1.165) is 19.6 Å². The maximum absolute atomic E-state index is 15.6. The number of aromatic amines is 1. The number of H-pyrrole nitrogens is 1. The number of hydrogen-bond acceptors (Lipinski definition) is 5. The van der Waals surface area contributed by atoms with E-state index >= 15 is 4.39 Å². The highest BCUT2D eigenvalue weighted by Crippen LogP contribution is 2.49. The van der Waals surface area contributed by atoms with Crippen molar-refractivity contribution in [3.63, 3.8) is 0 Å². The summed E-state index contributed by atoms with van der Waals surface area (Å²) in [5, 5.41) is 10.7. The maximum Gasteiger partial charge on any atom is 0.328 e. The predicted molar refractivity (Wildman–Crippen MR) is 145 cm³/mol. The van der Waals surface area contributed by atoms with Gasteiger partial charge in [-0.05, 0) is 81.2 Å². The molecule has 3 aliphatic heterocycles. The number of phenols is 1. The quantitative estimate of drug-likeness (QED) is 0.437. The van der Waals surface area contributed by atoms with Gasteiger partial charge in [-0.3, -0.25) is 14.6 Å². The van der Waals surface area contributed by atoms with Crippen LogP contribution in [-0.2, 0) is 11.2 Å². The Morgan fingerprint density at radius 1 is 1.10 bits per heavy atom. The Labute approximate surface area is 227 Å². The SMILES string of the molecule is COc1ccc2[nH]c3c(c2c1F)CC1(C)C(=O)N(CCCN2CCCCCC2)C(=O)N1C3c1cccc(O)c1. The number of nitrogens with one attached hydrogen (secondary N) is 1. The van der Waals surface area contributed by atoms with E-state index in [0.29, 0.717) is 40.7 Å². The minimum atomic E-state index is -1.20. The summed E-state index contributed by atoms with van der Waals surface area (Å²) >= 11 is 0.